The predicted molar refractivity (Wildman–Crippen MR) is 127 cm³/mol. The summed E-state index contributed by atoms with van der Waals surface area (Å²) in [6.07, 6.45) is -3.03. The molecule has 1 N–H and O–H groups in total. The highest BCUT2D eigenvalue weighted by Gasteiger charge is 2.31. The van der Waals surface area contributed by atoms with Gasteiger partial charge in [0.2, 0.25) is 5.91 Å². The molecule has 188 valence electrons. The number of alkyl halides is 3. The summed E-state index contributed by atoms with van der Waals surface area (Å²) in [5.74, 6) is 0.967. The summed E-state index contributed by atoms with van der Waals surface area (Å²) in [5, 5.41) is 15.8. The van der Waals surface area contributed by atoms with E-state index in [1.807, 2.05) is 6.07 Å². The molecule has 0 radical (unpaired) electrons. The van der Waals surface area contributed by atoms with Crippen molar-refractivity contribution in [2.24, 2.45) is 5.92 Å². The van der Waals surface area contributed by atoms with Gasteiger partial charge in [0, 0.05) is 37.7 Å². The Bertz CT molecular complexity index is 1150. The Hall–Kier alpha value is -3.21. The normalized spacial score (nSPS) is 15.2. The fourth-order valence-corrected chi connectivity index (χ4v) is 4.35. The van der Waals surface area contributed by atoms with E-state index in [1.54, 1.807) is 12.1 Å². The first-order valence-electron chi connectivity index (χ1n) is 11.9. The second kappa shape index (κ2) is 10.6. The van der Waals surface area contributed by atoms with E-state index < -0.39 is 11.7 Å². The van der Waals surface area contributed by atoms with Gasteiger partial charge in [-0.25, -0.2) is 0 Å². The van der Waals surface area contributed by atoms with Gasteiger partial charge in [0.25, 0.3) is 0 Å². The number of nitrogens with one attached hydrogen (secondary N) is 1. The molecular formula is C24H30F3N7O. The van der Waals surface area contributed by atoms with Crippen molar-refractivity contribution < 1.29 is 18.0 Å². The first-order valence-corrected chi connectivity index (χ1v) is 11.9. The van der Waals surface area contributed by atoms with Crippen molar-refractivity contribution in [3.8, 4) is 11.4 Å². The molecule has 0 bridgehead atoms. The van der Waals surface area contributed by atoms with Crippen LogP contribution in [0.25, 0.3) is 17.0 Å². The second-order valence-electron chi connectivity index (χ2n) is 8.64. The van der Waals surface area contributed by atoms with E-state index in [4.69, 9.17) is 0 Å². The number of likely N-dealkylation sites (N-methyl/N-ethyl adjacent to an activating group) is 1. The Kier molecular flexibility index (Phi) is 7.54. The fraction of sp³-hybridized carbons (Fsp3) is 0.500. The van der Waals surface area contributed by atoms with Crippen molar-refractivity contribution in [1.29, 1.82) is 0 Å². The monoisotopic (exact) mass is 489 g/mol. The lowest BCUT2D eigenvalue weighted by Gasteiger charge is -2.32. The molecule has 0 unspecified atom stereocenters. The number of carbonyl (C=O) groups is 1. The van der Waals surface area contributed by atoms with E-state index >= 15 is 0 Å². The van der Waals surface area contributed by atoms with Crippen molar-refractivity contribution in [1.82, 2.24) is 30.0 Å². The lowest BCUT2D eigenvalue weighted by atomic mass is 9.96. The van der Waals surface area contributed by atoms with Crippen LogP contribution in [0.3, 0.4) is 0 Å². The van der Waals surface area contributed by atoms with E-state index in [0.29, 0.717) is 43.9 Å². The molecule has 35 heavy (non-hydrogen) atoms. The Morgan fingerprint density at radius 3 is 2.54 bits per heavy atom. The highest BCUT2D eigenvalue weighted by molar-refractivity contribution is 5.79. The summed E-state index contributed by atoms with van der Waals surface area (Å²) in [6, 6.07) is 8.55. The highest BCUT2D eigenvalue weighted by Crippen LogP contribution is 2.32. The number of hydrogen-bond acceptors (Lipinski definition) is 6. The van der Waals surface area contributed by atoms with Gasteiger partial charge in [0.05, 0.1) is 5.56 Å². The maximum atomic E-state index is 13.2. The van der Waals surface area contributed by atoms with Gasteiger partial charge in [-0.2, -0.15) is 17.7 Å². The third-order valence-corrected chi connectivity index (χ3v) is 6.51. The Balaban J connectivity index is 1.42. The third-order valence-electron chi connectivity index (χ3n) is 6.51. The molecule has 8 nitrogen and oxygen atoms in total. The maximum Gasteiger partial charge on any atom is 0.416 e. The number of carbonyl (C=O) groups excluding carboxylic acids is 1. The van der Waals surface area contributed by atoms with E-state index in [2.05, 4.69) is 44.3 Å². The van der Waals surface area contributed by atoms with Crippen LogP contribution >= 0.6 is 0 Å². The van der Waals surface area contributed by atoms with Crippen LogP contribution in [0.15, 0.2) is 36.4 Å². The molecule has 1 saturated heterocycles. The molecule has 0 aliphatic carbocycles. The van der Waals surface area contributed by atoms with Crippen LogP contribution in [0.5, 0.6) is 0 Å². The number of nitrogens with zero attached hydrogens (tertiary/aromatic N) is 6. The molecule has 0 saturated carbocycles. The summed E-state index contributed by atoms with van der Waals surface area (Å²) in [4.78, 5) is 16.9. The molecule has 3 aromatic rings. The average molecular weight is 490 g/mol. The summed E-state index contributed by atoms with van der Waals surface area (Å²) in [6.45, 7) is 8.94. The van der Waals surface area contributed by atoms with Gasteiger partial charge in [0.15, 0.2) is 11.5 Å². The first kappa shape index (κ1) is 24.9. The number of amides is 1. The number of halogens is 3. The molecule has 1 aliphatic heterocycles. The lowest BCUT2D eigenvalue weighted by Crippen LogP contribution is -2.43. The molecule has 1 fully saturated rings. The average Bonchev–Trinajstić information content (AvgIpc) is 3.29. The Morgan fingerprint density at radius 2 is 1.86 bits per heavy atom. The van der Waals surface area contributed by atoms with Gasteiger partial charge < -0.3 is 15.1 Å². The van der Waals surface area contributed by atoms with Gasteiger partial charge in [-0.15, -0.1) is 15.3 Å². The van der Waals surface area contributed by atoms with Gasteiger partial charge in [-0.3, -0.25) is 4.79 Å². The molecular weight excluding hydrogens is 459 g/mol. The minimum absolute atomic E-state index is 0.0396. The van der Waals surface area contributed by atoms with Gasteiger partial charge in [-0.05, 0) is 50.2 Å². The highest BCUT2D eigenvalue weighted by atomic mass is 19.4. The third kappa shape index (κ3) is 5.72. The van der Waals surface area contributed by atoms with Crippen molar-refractivity contribution in [3.63, 3.8) is 0 Å². The van der Waals surface area contributed by atoms with Gasteiger partial charge in [0.1, 0.15) is 5.82 Å². The molecule has 1 amide bonds. The minimum Gasteiger partial charge on any atom is -0.355 e. The van der Waals surface area contributed by atoms with Crippen LogP contribution in [-0.2, 0) is 11.0 Å². The van der Waals surface area contributed by atoms with E-state index in [-0.39, 0.29) is 23.2 Å². The minimum atomic E-state index is -4.45. The number of fused-ring (bicyclic) bond motifs is 1. The van der Waals surface area contributed by atoms with Crippen LogP contribution in [0, 0.1) is 5.92 Å². The van der Waals surface area contributed by atoms with Crippen LogP contribution in [0.2, 0.25) is 0 Å². The molecule has 1 aromatic carbocycles. The topological polar surface area (TPSA) is 78.7 Å². The lowest BCUT2D eigenvalue weighted by molar-refractivity contribution is -0.137. The largest absolute Gasteiger partial charge is 0.416 e. The maximum absolute atomic E-state index is 13.2. The molecule has 2 aromatic heterocycles. The van der Waals surface area contributed by atoms with Gasteiger partial charge in [-0.1, -0.05) is 26.0 Å². The van der Waals surface area contributed by atoms with E-state index in [1.165, 1.54) is 10.6 Å². The number of aromatic nitrogens is 4. The van der Waals surface area contributed by atoms with Crippen LogP contribution < -0.4 is 10.2 Å². The van der Waals surface area contributed by atoms with Crippen molar-refractivity contribution in [2.75, 3.05) is 44.2 Å². The summed E-state index contributed by atoms with van der Waals surface area (Å²) < 4.78 is 40.9. The number of rotatable bonds is 8. The Morgan fingerprint density at radius 1 is 1.11 bits per heavy atom. The standard InChI is InChI=1S/C24H30F3N7O/c1-3-32(4-2)15-12-28-23(35)17-10-13-33(14-11-17)21-9-8-20-29-30-22(34(20)31-21)18-6-5-7-19(16-18)24(25,26)27/h5-9,16-17H,3-4,10-15H2,1-2H3,(H,28,35). The number of anilines is 1. The second-order valence-corrected chi connectivity index (χ2v) is 8.64. The number of piperidine rings is 1. The molecule has 3 heterocycles. The van der Waals surface area contributed by atoms with E-state index in [0.717, 1.165) is 31.8 Å². The summed E-state index contributed by atoms with van der Waals surface area (Å²) in [5.41, 5.74) is -0.0129. The molecule has 1 aliphatic rings. The molecule has 11 heteroatoms. The Labute approximate surface area is 202 Å². The zero-order valence-corrected chi connectivity index (χ0v) is 19.9. The van der Waals surface area contributed by atoms with Crippen LogP contribution in [-0.4, -0.2) is 69.9 Å². The fourth-order valence-electron chi connectivity index (χ4n) is 4.35. The smallest absolute Gasteiger partial charge is 0.355 e. The van der Waals surface area contributed by atoms with Crippen LogP contribution in [0.4, 0.5) is 19.0 Å². The SMILES string of the molecule is CCN(CC)CCNC(=O)C1CCN(c2ccc3nnc(-c4cccc(C(F)(F)F)c4)n3n2)CC1. The van der Waals surface area contributed by atoms with Gasteiger partial charge >= 0.3 is 6.18 Å². The zero-order valence-electron chi connectivity index (χ0n) is 19.9. The van der Waals surface area contributed by atoms with E-state index in [9.17, 15) is 18.0 Å². The zero-order chi connectivity index (χ0) is 25.0. The van der Waals surface area contributed by atoms with Crippen molar-refractivity contribution >= 4 is 17.4 Å². The number of benzene rings is 1. The number of hydrogen-bond donors (Lipinski definition) is 1. The molecule has 0 atom stereocenters. The predicted octanol–water partition coefficient (Wildman–Crippen LogP) is 3.48. The molecule has 0 spiro atoms. The first-order chi connectivity index (χ1) is 16.8. The van der Waals surface area contributed by atoms with Crippen molar-refractivity contribution in [2.45, 2.75) is 32.9 Å². The quantitative estimate of drug-likeness (QED) is 0.522. The molecule has 4 rings (SSSR count). The van der Waals surface area contributed by atoms with Crippen LogP contribution in [0.1, 0.15) is 32.3 Å². The van der Waals surface area contributed by atoms with Crippen molar-refractivity contribution in [3.05, 3.63) is 42.0 Å². The summed E-state index contributed by atoms with van der Waals surface area (Å²) in [7, 11) is 0. The summed E-state index contributed by atoms with van der Waals surface area (Å²) >= 11 is 0.